The molecular formula is C13H26N2O2. The van der Waals surface area contributed by atoms with Gasteiger partial charge in [0.2, 0.25) is 5.91 Å². The maximum Gasteiger partial charge on any atom is 0.225 e. The molecule has 4 heteroatoms. The van der Waals surface area contributed by atoms with Gasteiger partial charge < -0.3 is 15.8 Å². The van der Waals surface area contributed by atoms with Gasteiger partial charge in [-0.25, -0.2) is 0 Å². The van der Waals surface area contributed by atoms with Crippen LogP contribution in [0.5, 0.6) is 0 Å². The Morgan fingerprint density at radius 2 is 2.12 bits per heavy atom. The summed E-state index contributed by atoms with van der Waals surface area (Å²) >= 11 is 0. The van der Waals surface area contributed by atoms with E-state index in [-0.39, 0.29) is 17.9 Å². The normalized spacial score (nSPS) is 23.9. The Hall–Kier alpha value is -0.610. The molecule has 100 valence electrons. The number of rotatable bonds is 8. The Labute approximate surface area is 104 Å². The molecule has 2 unspecified atom stereocenters. The van der Waals surface area contributed by atoms with Gasteiger partial charge in [0.05, 0.1) is 12.0 Å². The molecule has 17 heavy (non-hydrogen) atoms. The number of ether oxygens (including phenoxy) is 1. The van der Waals surface area contributed by atoms with Crippen molar-refractivity contribution >= 4 is 5.91 Å². The third-order valence-electron chi connectivity index (χ3n) is 3.38. The number of hydrogen-bond acceptors (Lipinski definition) is 3. The lowest BCUT2D eigenvalue weighted by molar-refractivity contribution is -0.126. The fourth-order valence-electron chi connectivity index (χ4n) is 2.32. The number of carbonyl (C=O) groups is 1. The van der Waals surface area contributed by atoms with E-state index in [1.807, 2.05) is 0 Å². The number of nitrogens with one attached hydrogen (secondary N) is 1. The van der Waals surface area contributed by atoms with Crippen molar-refractivity contribution in [2.45, 2.75) is 51.6 Å². The Kier molecular flexibility index (Phi) is 7.21. The fourth-order valence-corrected chi connectivity index (χ4v) is 2.32. The third kappa shape index (κ3) is 5.04. The molecule has 1 fully saturated rings. The van der Waals surface area contributed by atoms with Crippen molar-refractivity contribution in [2.24, 2.45) is 11.7 Å². The third-order valence-corrected chi connectivity index (χ3v) is 3.38. The van der Waals surface area contributed by atoms with Crippen molar-refractivity contribution in [2.75, 3.05) is 19.7 Å². The summed E-state index contributed by atoms with van der Waals surface area (Å²) in [7, 11) is 0. The number of hydrogen-bond donors (Lipinski definition) is 2. The van der Waals surface area contributed by atoms with Gasteiger partial charge in [0.1, 0.15) is 0 Å². The molecule has 0 bridgehead atoms. The van der Waals surface area contributed by atoms with E-state index in [0.29, 0.717) is 0 Å². The average molecular weight is 242 g/mol. The van der Waals surface area contributed by atoms with Crippen LogP contribution in [-0.4, -0.2) is 31.7 Å². The van der Waals surface area contributed by atoms with Crippen LogP contribution in [0, 0.1) is 5.92 Å². The summed E-state index contributed by atoms with van der Waals surface area (Å²) in [5.74, 6) is 0.247. The van der Waals surface area contributed by atoms with Crippen LogP contribution >= 0.6 is 0 Å². The number of amides is 1. The van der Waals surface area contributed by atoms with Crippen molar-refractivity contribution in [3.05, 3.63) is 0 Å². The number of unbranched alkanes of at least 4 members (excludes halogenated alkanes) is 3. The second-order valence-electron chi connectivity index (χ2n) is 4.71. The molecule has 3 N–H and O–H groups in total. The first-order valence-electron chi connectivity index (χ1n) is 6.89. The Balaban J connectivity index is 2.08. The Morgan fingerprint density at radius 3 is 2.82 bits per heavy atom. The van der Waals surface area contributed by atoms with Gasteiger partial charge >= 0.3 is 0 Å². The molecule has 1 heterocycles. The van der Waals surface area contributed by atoms with Crippen molar-refractivity contribution in [3.63, 3.8) is 0 Å². The minimum Gasteiger partial charge on any atom is -0.377 e. The van der Waals surface area contributed by atoms with Crippen LogP contribution in [0.15, 0.2) is 0 Å². The summed E-state index contributed by atoms with van der Waals surface area (Å²) in [6.45, 7) is 4.36. The van der Waals surface area contributed by atoms with E-state index in [4.69, 9.17) is 10.5 Å². The van der Waals surface area contributed by atoms with Crippen LogP contribution in [0.3, 0.4) is 0 Å². The molecule has 0 aliphatic carbocycles. The van der Waals surface area contributed by atoms with Gasteiger partial charge in [-0.3, -0.25) is 4.79 Å². The SMILES string of the molecule is CCC1OCCC1C(=O)NCCCCCCN. The first kappa shape index (κ1) is 14.5. The van der Waals surface area contributed by atoms with Gasteiger partial charge in [-0.1, -0.05) is 19.8 Å². The molecular weight excluding hydrogens is 216 g/mol. The van der Waals surface area contributed by atoms with Crippen LogP contribution in [0.25, 0.3) is 0 Å². The van der Waals surface area contributed by atoms with Crippen LogP contribution in [0.2, 0.25) is 0 Å². The van der Waals surface area contributed by atoms with Crippen molar-refractivity contribution < 1.29 is 9.53 Å². The quantitative estimate of drug-likeness (QED) is 0.633. The van der Waals surface area contributed by atoms with Crippen LogP contribution < -0.4 is 11.1 Å². The number of carbonyl (C=O) groups excluding carboxylic acids is 1. The summed E-state index contributed by atoms with van der Waals surface area (Å²) in [6, 6.07) is 0. The monoisotopic (exact) mass is 242 g/mol. The second kappa shape index (κ2) is 8.48. The molecule has 1 aliphatic rings. The molecule has 1 rings (SSSR count). The first-order chi connectivity index (χ1) is 8.29. The Morgan fingerprint density at radius 1 is 1.35 bits per heavy atom. The summed E-state index contributed by atoms with van der Waals surface area (Å²) in [5.41, 5.74) is 5.42. The Bertz CT molecular complexity index is 221. The van der Waals surface area contributed by atoms with E-state index in [1.54, 1.807) is 0 Å². The fraction of sp³-hybridized carbons (Fsp3) is 0.923. The molecule has 0 radical (unpaired) electrons. The molecule has 1 amide bonds. The zero-order chi connectivity index (χ0) is 12.5. The highest BCUT2D eigenvalue weighted by Gasteiger charge is 2.32. The van der Waals surface area contributed by atoms with Crippen molar-refractivity contribution in [1.82, 2.24) is 5.32 Å². The van der Waals surface area contributed by atoms with Gasteiger partial charge in [-0.05, 0) is 32.2 Å². The van der Waals surface area contributed by atoms with Crippen molar-refractivity contribution in [3.8, 4) is 0 Å². The van der Waals surface area contributed by atoms with E-state index in [9.17, 15) is 4.79 Å². The van der Waals surface area contributed by atoms with Crippen LogP contribution in [0.4, 0.5) is 0 Å². The first-order valence-corrected chi connectivity index (χ1v) is 6.89. The highest BCUT2D eigenvalue weighted by Crippen LogP contribution is 2.23. The van der Waals surface area contributed by atoms with Crippen LogP contribution in [-0.2, 0) is 9.53 Å². The molecule has 0 spiro atoms. The maximum atomic E-state index is 11.9. The summed E-state index contributed by atoms with van der Waals surface area (Å²) in [5, 5.41) is 3.02. The predicted molar refractivity (Wildman–Crippen MR) is 68.7 cm³/mol. The van der Waals surface area contributed by atoms with Gasteiger partial charge in [0.15, 0.2) is 0 Å². The van der Waals surface area contributed by atoms with Gasteiger partial charge in [-0.15, -0.1) is 0 Å². The van der Waals surface area contributed by atoms with E-state index in [0.717, 1.165) is 58.2 Å². The molecule has 1 saturated heterocycles. The summed E-state index contributed by atoms with van der Waals surface area (Å²) in [6.07, 6.45) is 6.38. The van der Waals surface area contributed by atoms with E-state index in [1.165, 1.54) is 0 Å². The van der Waals surface area contributed by atoms with Gasteiger partial charge in [-0.2, -0.15) is 0 Å². The molecule has 0 aromatic rings. The lowest BCUT2D eigenvalue weighted by Gasteiger charge is -2.16. The minimum atomic E-state index is 0.0732. The highest BCUT2D eigenvalue weighted by atomic mass is 16.5. The standard InChI is InChI=1S/C13H26N2O2/c1-2-12-11(7-10-17-12)13(16)15-9-6-4-3-5-8-14/h11-12H,2-10,14H2,1H3,(H,15,16). The van der Waals surface area contributed by atoms with Crippen LogP contribution in [0.1, 0.15) is 45.4 Å². The molecule has 2 atom stereocenters. The van der Waals surface area contributed by atoms with E-state index < -0.39 is 0 Å². The molecule has 0 aromatic carbocycles. The zero-order valence-electron chi connectivity index (χ0n) is 10.9. The zero-order valence-corrected chi connectivity index (χ0v) is 10.9. The largest absolute Gasteiger partial charge is 0.377 e. The summed E-state index contributed by atoms with van der Waals surface area (Å²) < 4.78 is 5.52. The molecule has 0 aromatic heterocycles. The van der Waals surface area contributed by atoms with Gasteiger partial charge in [0, 0.05) is 13.2 Å². The summed E-state index contributed by atoms with van der Waals surface area (Å²) in [4.78, 5) is 11.9. The molecule has 4 nitrogen and oxygen atoms in total. The van der Waals surface area contributed by atoms with E-state index in [2.05, 4.69) is 12.2 Å². The topological polar surface area (TPSA) is 64.3 Å². The minimum absolute atomic E-state index is 0.0732. The smallest absolute Gasteiger partial charge is 0.225 e. The number of nitrogens with two attached hydrogens (primary N) is 1. The highest BCUT2D eigenvalue weighted by molar-refractivity contribution is 5.79. The predicted octanol–water partition coefficient (Wildman–Crippen LogP) is 1.44. The van der Waals surface area contributed by atoms with E-state index >= 15 is 0 Å². The molecule has 1 aliphatic heterocycles. The lowest BCUT2D eigenvalue weighted by atomic mass is 9.98. The second-order valence-corrected chi connectivity index (χ2v) is 4.71. The lowest BCUT2D eigenvalue weighted by Crippen LogP contribution is -2.35. The molecule has 0 saturated carbocycles. The van der Waals surface area contributed by atoms with Gasteiger partial charge in [0.25, 0.3) is 0 Å². The van der Waals surface area contributed by atoms with Crippen molar-refractivity contribution in [1.29, 1.82) is 0 Å². The maximum absolute atomic E-state index is 11.9. The average Bonchev–Trinajstić information content (AvgIpc) is 2.81.